The molecule has 0 saturated heterocycles. The number of aromatic nitrogens is 1. The van der Waals surface area contributed by atoms with Gasteiger partial charge in [-0.2, -0.15) is 0 Å². The molecule has 1 aromatic rings. The molecule has 0 fully saturated rings. The van der Waals surface area contributed by atoms with E-state index in [2.05, 4.69) is 17.1 Å². The SMILES string of the molecule is CCCCCCCOc1ccc(/C(N)=N/O)cn1. The van der Waals surface area contributed by atoms with E-state index in [1.807, 2.05) is 0 Å². The van der Waals surface area contributed by atoms with Crippen molar-refractivity contribution in [2.45, 2.75) is 39.0 Å². The van der Waals surface area contributed by atoms with Gasteiger partial charge in [0, 0.05) is 17.8 Å². The smallest absolute Gasteiger partial charge is 0.213 e. The molecule has 0 bridgehead atoms. The lowest BCUT2D eigenvalue weighted by molar-refractivity contribution is 0.293. The molecule has 0 aliphatic heterocycles. The third-order valence-corrected chi connectivity index (χ3v) is 2.64. The number of ether oxygens (including phenoxy) is 1. The van der Waals surface area contributed by atoms with Crippen molar-refractivity contribution in [3.05, 3.63) is 23.9 Å². The van der Waals surface area contributed by atoms with Gasteiger partial charge < -0.3 is 15.7 Å². The summed E-state index contributed by atoms with van der Waals surface area (Å²) < 4.78 is 5.50. The van der Waals surface area contributed by atoms with Crippen LogP contribution in [0.3, 0.4) is 0 Å². The van der Waals surface area contributed by atoms with Crippen LogP contribution >= 0.6 is 0 Å². The second-order valence-electron chi connectivity index (χ2n) is 4.13. The molecule has 0 saturated carbocycles. The van der Waals surface area contributed by atoms with E-state index in [-0.39, 0.29) is 5.84 Å². The first-order valence-electron chi connectivity index (χ1n) is 6.34. The number of nitrogens with zero attached hydrogens (tertiary/aromatic N) is 2. The van der Waals surface area contributed by atoms with Crippen molar-refractivity contribution >= 4 is 5.84 Å². The summed E-state index contributed by atoms with van der Waals surface area (Å²) in [6.45, 7) is 2.88. The first kappa shape index (κ1) is 14.3. The monoisotopic (exact) mass is 251 g/mol. The molecular weight excluding hydrogens is 230 g/mol. The van der Waals surface area contributed by atoms with Crippen molar-refractivity contribution in [1.29, 1.82) is 0 Å². The van der Waals surface area contributed by atoms with Gasteiger partial charge in [0.05, 0.1) is 6.61 Å². The summed E-state index contributed by atoms with van der Waals surface area (Å²) in [5, 5.41) is 11.4. The second-order valence-corrected chi connectivity index (χ2v) is 4.13. The lowest BCUT2D eigenvalue weighted by Gasteiger charge is -2.05. The average molecular weight is 251 g/mol. The highest BCUT2D eigenvalue weighted by molar-refractivity contribution is 5.96. The van der Waals surface area contributed by atoms with E-state index in [1.54, 1.807) is 12.1 Å². The van der Waals surface area contributed by atoms with E-state index in [1.165, 1.54) is 31.9 Å². The van der Waals surface area contributed by atoms with E-state index in [0.717, 1.165) is 6.42 Å². The number of pyridine rings is 1. The van der Waals surface area contributed by atoms with Crippen LogP contribution in [-0.2, 0) is 0 Å². The Morgan fingerprint density at radius 2 is 2.11 bits per heavy atom. The zero-order valence-corrected chi connectivity index (χ0v) is 10.8. The summed E-state index contributed by atoms with van der Waals surface area (Å²) in [5.74, 6) is 0.619. The molecule has 0 atom stereocenters. The standard InChI is InChI=1S/C13H21N3O2/c1-2-3-4-5-6-9-18-12-8-7-11(10-15-12)13(14)16-17/h7-8,10,17H,2-6,9H2,1H3,(H2,14,16). The van der Waals surface area contributed by atoms with Gasteiger partial charge in [-0.3, -0.25) is 0 Å². The third-order valence-electron chi connectivity index (χ3n) is 2.64. The highest BCUT2D eigenvalue weighted by Gasteiger charge is 2.00. The van der Waals surface area contributed by atoms with E-state index in [4.69, 9.17) is 15.7 Å². The van der Waals surface area contributed by atoms with Crippen LogP contribution in [-0.4, -0.2) is 22.6 Å². The van der Waals surface area contributed by atoms with Crippen LogP contribution < -0.4 is 10.5 Å². The van der Waals surface area contributed by atoms with Gasteiger partial charge in [-0.1, -0.05) is 37.8 Å². The Morgan fingerprint density at radius 3 is 2.72 bits per heavy atom. The normalized spacial score (nSPS) is 11.5. The van der Waals surface area contributed by atoms with Crippen LogP contribution in [0.4, 0.5) is 0 Å². The topological polar surface area (TPSA) is 80.7 Å². The highest BCUT2D eigenvalue weighted by atomic mass is 16.5. The van der Waals surface area contributed by atoms with Crippen molar-refractivity contribution in [3.8, 4) is 5.88 Å². The zero-order valence-electron chi connectivity index (χ0n) is 10.8. The van der Waals surface area contributed by atoms with Crippen molar-refractivity contribution in [3.63, 3.8) is 0 Å². The van der Waals surface area contributed by atoms with Crippen molar-refractivity contribution in [2.24, 2.45) is 10.9 Å². The Kier molecular flexibility index (Phi) is 6.61. The predicted octanol–water partition coefficient (Wildman–Crippen LogP) is 2.53. The van der Waals surface area contributed by atoms with Crippen LogP contribution in [0.5, 0.6) is 5.88 Å². The molecule has 0 radical (unpaired) electrons. The first-order chi connectivity index (χ1) is 8.77. The van der Waals surface area contributed by atoms with E-state index in [0.29, 0.717) is 18.1 Å². The van der Waals surface area contributed by atoms with E-state index in [9.17, 15) is 0 Å². The highest BCUT2D eigenvalue weighted by Crippen LogP contribution is 2.09. The van der Waals surface area contributed by atoms with Crippen LogP contribution in [0.1, 0.15) is 44.6 Å². The minimum absolute atomic E-state index is 0.0496. The fourth-order valence-electron chi connectivity index (χ4n) is 1.56. The molecule has 0 aliphatic carbocycles. The number of unbranched alkanes of at least 4 members (excludes halogenated alkanes) is 4. The molecule has 1 rings (SSSR count). The summed E-state index contributed by atoms with van der Waals surface area (Å²) >= 11 is 0. The van der Waals surface area contributed by atoms with Crippen LogP contribution in [0.25, 0.3) is 0 Å². The molecule has 0 amide bonds. The molecule has 0 spiro atoms. The van der Waals surface area contributed by atoms with Crippen LogP contribution in [0.15, 0.2) is 23.5 Å². The molecule has 1 aromatic heterocycles. The van der Waals surface area contributed by atoms with Gasteiger partial charge >= 0.3 is 0 Å². The van der Waals surface area contributed by atoms with E-state index < -0.39 is 0 Å². The van der Waals surface area contributed by atoms with Crippen LogP contribution in [0, 0.1) is 0 Å². The minimum Gasteiger partial charge on any atom is -0.478 e. The van der Waals surface area contributed by atoms with Gasteiger partial charge in [0.25, 0.3) is 0 Å². The Bertz CT molecular complexity index is 363. The number of amidine groups is 1. The number of nitrogens with two attached hydrogens (primary N) is 1. The molecule has 100 valence electrons. The maximum atomic E-state index is 8.51. The van der Waals surface area contributed by atoms with Gasteiger partial charge in [-0.05, 0) is 12.5 Å². The summed E-state index contributed by atoms with van der Waals surface area (Å²) in [6, 6.07) is 3.44. The molecule has 0 aromatic carbocycles. The average Bonchev–Trinajstić information content (AvgIpc) is 2.42. The summed E-state index contributed by atoms with van der Waals surface area (Å²) in [5.41, 5.74) is 6.01. The zero-order chi connectivity index (χ0) is 13.2. The lowest BCUT2D eigenvalue weighted by Crippen LogP contribution is -2.13. The molecule has 5 nitrogen and oxygen atoms in total. The second kappa shape index (κ2) is 8.33. The van der Waals surface area contributed by atoms with Gasteiger partial charge in [-0.25, -0.2) is 4.98 Å². The van der Waals surface area contributed by atoms with Crippen molar-refractivity contribution < 1.29 is 9.94 Å². The van der Waals surface area contributed by atoms with Crippen molar-refractivity contribution in [2.75, 3.05) is 6.61 Å². The Morgan fingerprint density at radius 1 is 1.33 bits per heavy atom. The molecule has 5 heteroatoms. The molecule has 0 unspecified atom stereocenters. The number of rotatable bonds is 8. The number of hydrogen-bond donors (Lipinski definition) is 2. The van der Waals surface area contributed by atoms with Gasteiger partial charge in [-0.15, -0.1) is 0 Å². The maximum absolute atomic E-state index is 8.51. The lowest BCUT2D eigenvalue weighted by atomic mass is 10.2. The molecule has 1 heterocycles. The van der Waals surface area contributed by atoms with Gasteiger partial charge in [0.15, 0.2) is 5.84 Å². The Labute approximate surface area is 108 Å². The predicted molar refractivity (Wildman–Crippen MR) is 71.0 cm³/mol. The Hall–Kier alpha value is -1.78. The number of hydrogen-bond acceptors (Lipinski definition) is 4. The maximum Gasteiger partial charge on any atom is 0.213 e. The molecule has 3 N–H and O–H groups in total. The molecule has 18 heavy (non-hydrogen) atoms. The van der Waals surface area contributed by atoms with E-state index >= 15 is 0 Å². The van der Waals surface area contributed by atoms with Gasteiger partial charge in [0.1, 0.15) is 0 Å². The molecular formula is C13H21N3O2. The fourth-order valence-corrected chi connectivity index (χ4v) is 1.56. The largest absolute Gasteiger partial charge is 0.478 e. The quantitative estimate of drug-likeness (QED) is 0.244. The summed E-state index contributed by atoms with van der Waals surface area (Å²) in [6.07, 6.45) is 7.56. The molecule has 0 aliphatic rings. The minimum atomic E-state index is 0.0496. The third kappa shape index (κ3) is 5.03. The summed E-state index contributed by atoms with van der Waals surface area (Å²) in [4.78, 5) is 4.09. The van der Waals surface area contributed by atoms with Crippen LogP contribution in [0.2, 0.25) is 0 Å². The Balaban J connectivity index is 2.27. The van der Waals surface area contributed by atoms with Gasteiger partial charge in [0.2, 0.25) is 5.88 Å². The number of oxime groups is 1. The summed E-state index contributed by atoms with van der Waals surface area (Å²) in [7, 11) is 0. The first-order valence-corrected chi connectivity index (χ1v) is 6.34. The van der Waals surface area contributed by atoms with Crippen molar-refractivity contribution in [1.82, 2.24) is 4.98 Å². The fraction of sp³-hybridized carbons (Fsp3) is 0.538.